The minimum atomic E-state index is 0.153. The van der Waals surface area contributed by atoms with Crippen molar-refractivity contribution in [1.29, 1.82) is 0 Å². The van der Waals surface area contributed by atoms with Gasteiger partial charge in [-0.3, -0.25) is 0 Å². The number of aromatic nitrogens is 2. The van der Waals surface area contributed by atoms with Crippen LogP contribution in [-0.4, -0.2) is 34.8 Å². The van der Waals surface area contributed by atoms with Gasteiger partial charge in [-0.1, -0.05) is 13.3 Å². The first-order valence-electron chi connectivity index (χ1n) is 5.90. The van der Waals surface area contributed by atoms with Crippen LogP contribution in [0.1, 0.15) is 19.8 Å². The molecule has 5 heteroatoms. The van der Waals surface area contributed by atoms with Gasteiger partial charge in [0.25, 0.3) is 0 Å². The van der Waals surface area contributed by atoms with Gasteiger partial charge in [0.1, 0.15) is 12.1 Å². The molecule has 17 heavy (non-hydrogen) atoms. The normalized spacial score (nSPS) is 10.9. The van der Waals surface area contributed by atoms with E-state index in [-0.39, 0.29) is 6.61 Å². The topological polar surface area (TPSA) is 49.2 Å². The Labute approximate surface area is 105 Å². The number of aliphatic hydroxyl groups excluding tert-OH is 1. The minimum absolute atomic E-state index is 0.153. The Hall–Kier alpha value is -1.20. The van der Waals surface area contributed by atoms with E-state index in [9.17, 15) is 0 Å². The quantitative estimate of drug-likeness (QED) is 0.855. The van der Waals surface area contributed by atoms with Crippen LogP contribution in [0, 0.1) is 0 Å². The van der Waals surface area contributed by atoms with Crippen LogP contribution in [0.15, 0.2) is 17.8 Å². The van der Waals surface area contributed by atoms with Gasteiger partial charge in [0.15, 0.2) is 0 Å². The summed E-state index contributed by atoms with van der Waals surface area (Å²) in [5.41, 5.74) is 0.986. The van der Waals surface area contributed by atoms with E-state index in [4.69, 9.17) is 5.11 Å². The third kappa shape index (κ3) is 2.73. The molecule has 0 bridgehead atoms. The van der Waals surface area contributed by atoms with E-state index in [1.165, 1.54) is 0 Å². The summed E-state index contributed by atoms with van der Waals surface area (Å²) in [4.78, 5) is 10.7. The predicted octanol–water partition coefficient (Wildman–Crippen LogP) is 2.29. The molecule has 2 rings (SSSR count). The standard InChI is InChI=1S/C12H17N3OS/c1-2-3-5-15(6-7-16)12-11-10(4-8-17-11)13-9-14-12/h4,8-9,16H,2-3,5-7H2,1H3. The van der Waals surface area contributed by atoms with Crippen LogP contribution in [0.2, 0.25) is 0 Å². The minimum Gasteiger partial charge on any atom is -0.395 e. The average Bonchev–Trinajstić information content (AvgIpc) is 2.82. The summed E-state index contributed by atoms with van der Waals surface area (Å²) in [6.07, 6.45) is 3.85. The number of rotatable bonds is 6. The number of hydrogen-bond acceptors (Lipinski definition) is 5. The fourth-order valence-corrected chi connectivity index (χ4v) is 2.66. The molecule has 0 radical (unpaired) electrons. The van der Waals surface area contributed by atoms with Crippen molar-refractivity contribution in [1.82, 2.24) is 9.97 Å². The maximum Gasteiger partial charge on any atom is 0.150 e. The van der Waals surface area contributed by atoms with Crippen LogP contribution in [0.3, 0.4) is 0 Å². The first-order valence-corrected chi connectivity index (χ1v) is 6.78. The molecule has 0 saturated carbocycles. The molecule has 0 aromatic carbocycles. The van der Waals surface area contributed by atoms with Crippen molar-refractivity contribution >= 4 is 27.4 Å². The van der Waals surface area contributed by atoms with E-state index >= 15 is 0 Å². The zero-order chi connectivity index (χ0) is 12.1. The second kappa shape index (κ2) is 5.93. The zero-order valence-corrected chi connectivity index (χ0v) is 10.8. The number of aliphatic hydroxyl groups is 1. The first-order chi connectivity index (χ1) is 8.36. The summed E-state index contributed by atoms with van der Waals surface area (Å²) in [7, 11) is 0. The van der Waals surface area contributed by atoms with Gasteiger partial charge in [-0.2, -0.15) is 0 Å². The van der Waals surface area contributed by atoms with E-state index in [2.05, 4.69) is 21.8 Å². The Balaban J connectivity index is 2.30. The van der Waals surface area contributed by atoms with Crippen molar-refractivity contribution in [3.63, 3.8) is 0 Å². The lowest BCUT2D eigenvalue weighted by Crippen LogP contribution is -2.28. The van der Waals surface area contributed by atoms with Crippen molar-refractivity contribution < 1.29 is 5.11 Å². The lowest BCUT2D eigenvalue weighted by atomic mass is 10.3. The predicted molar refractivity (Wildman–Crippen MR) is 71.6 cm³/mol. The summed E-state index contributed by atoms with van der Waals surface area (Å²) in [6, 6.07) is 2.00. The molecule has 0 saturated heterocycles. The van der Waals surface area contributed by atoms with Crippen LogP contribution in [0.25, 0.3) is 10.2 Å². The number of thiophene rings is 1. The highest BCUT2D eigenvalue weighted by Gasteiger charge is 2.12. The maximum atomic E-state index is 9.14. The first kappa shape index (κ1) is 12.3. The smallest absolute Gasteiger partial charge is 0.150 e. The molecule has 0 aliphatic carbocycles. The van der Waals surface area contributed by atoms with Gasteiger partial charge >= 0.3 is 0 Å². The lowest BCUT2D eigenvalue weighted by molar-refractivity contribution is 0.301. The molecule has 0 fully saturated rings. The van der Waals surface area contributed by atoms with Gasteiger partial charge in [0, 0.05) is 13.1 Å². The summed E-state index contributed by atoms with van der Waals surface area (Å²) < 4.78 is 1.11. The van der Waals surface area contributed by atoms with Crippen LogP contribution < -0.4 is 4.90 Å². The fraction of sp³-hybridized carbons (Fsp3) is 0.500. The Morgan fingerprint density at radius 1 is 1.35 bits per heavy atom. The van der Waals surface area contributed by atoms with E-state index in [0.29, 0.717) is 6.54 Å². The molecule has 2 heterocycles. The zero-order valence-electron chi connectivity index (χ0n) is 9.96. The van der Waals surface area contributed by atoms with E-state index in [1.54, 1.807) is 17.7 Å². The fourth-order valence-electron chi connectivity index (χ4n) is 1.79. The molecule has 0 aliphatic rings. The number of hydrogen-bond donors (Lipinski definition) is 1. The number of fused-ring (bicyclic) bond motifs is 1. The molecular formula is C12H17N3OS. The summed E-state index contributed by atoms with van der Waals surface area (Å²) in [6.45, 7) is 3.88. The second-order valence-electron chi connectivity index (χ2n) is 3.90. The van der Waals surface area contributed by atoms with Crippen molar-refractivity contribution in [3.05, 3.63) is 17.8 Å². The lowest BCUT2D eigenvalue weighted by Gasteiger charge is -2.22. The van der Waals surface area contributed by atoms with Crippen molar-refractivity contribution in [3.8, 4) is 0 Å². The number of unbranched alkanes of at least 4 members (excludes halogenated alkanes) is 1. The monoisotopic (exact) mass is 251 g/mol. The van der Waals surface area contributed by atoms with Crippen LogP contribution >= 0.6 is 11.3 Å². The summed E-state index contributed by atoms with van der Waals surface area (Å²) >= 11 is 1.65. The molecule has 0 amide bonds. The van der Waals surface area contributed by atoms with Crippen LogP contribution in [0.5, 0.6) is 0 Å². The van der Waals surface area contributed by atoms with E-state index < -0.39 is 0 Å². The van der Waals surface area contributed by atoms with Gasteiger partial charge < -0.3 is 10.0 Å². The third-order valence-electron chi connectivity index (χ3n) is 2.68. The van der Waals surface area contributed by atoms with E-state index in [1.807, 2.05) is 11.4 Å². The van der Waals surface area contributed by atoms with Gasteiger partial charge in [-0.05, 0) is 17.9 Å². The molecule has 0 unspecified atom stereocenters. The van der Waals surface area contributed by atoms with Crippen molar-refractivity contribution in [2.45, 2.75) is 19.8 Å². The Bertz CT molecular complexity index is 471. The molecule has 0 spiro atoms. The molecule has 2 aromatic rings. The number of anilines is 1. The summed E-state index contributed by atoms with van der Waals surface area (Å²) in [5, 5.41) is 11.2. The molecule has 2 aromatic heterocycles. The molecule has 1 N–H and O–H groups in total. The molecule has 0 atom stereocenters. The second-order valence-corrected chi connectivity index (χ2v) is 4.81. The molecule has 92 valence electrons. The SMILES string of the molecule is CCCCN(CCO)c1ncnc2ccsc12. The highest BCUT2D eigenvalue weighted by molar-refractivity contribution is 7.17. The Morgan fingerprint density at radius 3 is 3.00 bits per heavy atom. The van der Waals surface area contributed by atoms with Crippen molar-refractivity contribution in [2.75, 3.05) is 24.6 Å². The highest BCUT2D eigenvalue weighted by Crippen LogP contribution is 2.27. The van der Waals surface area contributed by atoms with Gasteiger partial charge in [0.05, 0.1) is 16.8 Å². The Kier molecular flexibility index (Phi) is 4.28. The van der Waals surface area contributed by atoms with E-state index in [0.717, 1.165) is 35.4 Å². The maximum absolute atomic E-state index is 9.14. The molecule has 4 nitrogen and oxygen atoms in total. The number of nitrogens with zero attached hydrogens (tertiary/aromatic N) is 3. The average molecular weight is 251 g/mol. The Morgan fingerprint density at radius 2 is 2.24 bits per heavy atom. The van der Waals surface area contributed by atoms with Gasteiger partial charge in [0.2, 0.25) is 0 Å². The largest absolute Gasteiger partial charge is 0.395 e. The molecule has 0 aliphatic heterocycles. The van der Waals surface area contributed by atoms with Gasteiger partial charge in [-0.15, -0.1) is 11.3 Å². The van der Waals surface area contributed by atoms with Gasteiger partial charge in [-0.25, -0.2) is 9.97 Å². The third-order valence-corrected chi connectivity index (χ3v) is 3.57. The summed E-state index contributed by atoms with van der Waals surface area (Å²) in [5.74, 6) is 0.951. The van der Waals surface area contributed by atoms with Crippen molar-refractivity contribution in [2.24, 2.45) is 0 Å². The van der Waals surface area contributed by atoms with Crippen LogP contribution in [0.4, 0.5) is 5.82 Å². The highest BCUT2D eigenvalue weighted by atomic mass is 32.1. The molecular weight excluding hydrogens is 234 g/mol. The van der Waals surface area contributed by atoms with Crippen LogP contribution in [-0.2, 0) is 0 Å².